The van der Waals surface area contributed by atoms with Gasteiger partial charge < -0.3 is 15.0 Å². The molecular formula is C26H24N2O4S. The van der Waals surface area contributed by atoms with Crippen molar-refractivity contribution in [3.8, 4) is 0 Å². The van der Waals surface area contributed by atoms with Crippen LogP contribution in [0.2, 0.25) is 0 Å². The molecule has 6 nitrogen and oxygen atoms in total. The Balaban J connectivity index is 1.36. The van der Waals surface area contributed by atoms with Gasteiger partial charge in [-0.1, -0.05) is 42.5 Å². The van der Waals surface area contributed by atoms with Gasteiger partial charge in [-0.15, -0.1) is 11.8 Å². The van der Waals surface area contributed by atoms with Crippen molar-refractivity contribution >= 4 is 35.2 Å². The second-order valence-electron chi connectivity index (χ2n) is 7.58. The Kier molecular flexibility index (Phi) is 7.10. The highest BCUT2D eigenvalue weighted by Gasteiger charge is 2.24. The first kappa shape index (κ1) is 22.6. The maximum absolute atomic E-state index is 12.8. The molecule has 2 amide bonds. The van der Waals surface area contributed by atoms with E-state index in [2.05, 4.69) is 11.4 Å². The molecule has 0 saturated carbocycles. The third-order valence-electron chi connectivity index (χ3n) is 5.50. The number of ether oxygens (including phenoxy) is 1. The first-order valence-electron chi connectivity index (χ1n) is 10.6. The van der Waals surface area contributed by atoms with Crippen molar-refractivity contribution in [2.75, 3.05) is 24.3 Å². The van der Waals surface area contributed by atoms with Crippen LogP contribution < -0.4 is 10.2 Å². The number of amides is 2. The molecule has 33 heavy (non-hydrogen) atoms. The number of anilines is 1. The summed E-state index contributed by atoms with van der Waals surface area (Å²) in [6.07, 6.45) is 0.867. The highest BCUT2D eigenvalue weighted by molar-refractivity contribution is 8.00. The average molecular weight is 461 g/mol. The van der Waals surface area contributed by atoms with E-state index in [4.69, 9.17) is 4.74 Å². The minimum atomic E-state index is -0.400. The second kappa shape index (κ2) is 10.4. The van der Waals surface area contributed by atoms with Gasteiger partial charge in [0, 0.05) is 23.7 Å². The summed E-state index contributed by atoms with van der Waals surface area (Å²) in [6, 6.07) is 22.1. The van der Waals surface area contributed by atoms with Gasteiger partial charge >= 0.3 is 5.97 Å². The quantitative estimate of drug-likeness (QED) is 0.425. The second-order valence-corrected chi connectivity index (χ2v) is 8.60. The molecule has 0 aliphatic carbocycles. The molecule has 1 heterocycles. The van der Waals surface area contributed by atoms with Gasteiger partial charge in [-0.3, -0.25) is 9.59 Å². The molecule has 7 heteroatoms. The van der Waals surface area contributed by atoms with Crippen LogP contribution in [0.1, 0.15) is 31.8 Å². The van der Waals surface area contributed by atoms with Crippen molar-refractivity contribution in [2.45, 2.75) is 17.9 Å². The molecule has 0 aromatic heterocycles. The van der Waals surface area contributed by atoms with Crippen molar-refractivity contribution in [3.63, 3.8) is 0 Å². The lowest BCUT2D eigenvalue weighted by Gasteiger charge is -2.17. The Morgan fingerprint density at radius 2 is 1.70 bits per heavy atom. The Morgan fingerprint density at radius 3 is 2.48 bits per heavy atom. The maximum atomic E-state index is 12.8. The number of hydrogen-bond donors (Lipinski definition) is 1. The van der Waals surface area contributed by atoms with Gasteiger partial charge in [-0.25, -0.2) is 4.79 Å². The molecule has 1 N–H and O–H groups in total. The zero-order valence-electron chi connectivity index (χ0n) is 18.2. The molecule has 0 spiro atoms. The van der Waals surface area contributed by atoms with E-state index in [0.717, 1.165) is 22.6 Å². The summed E-state index contributed by atoms with van der Waals surface area (Å²) in [4.78, 5) is 39.8. The predicted molar refractivity (Wildman–Crippen MR) is 129 cm³/mol. The molecule has 0 radical (unpaired) electrons. The zero-order chi connectivity index (χ0) is 23.2. The lowest BCUT2D eigenvalue weighted by atomic mass is 10.1. The fraction of sp³-hybridized carbons (Fsp3) is 0.192. The molecule has 168 valence electrons. The van der Waals surface area contributed by atoms with E-state index in [1.54, 1.807) is 30.3 Å². The summed E-state index contributed by atoms with van der Waals surface area (Å²) in [5, 5.41) is 2.91. The number of hydrogen-bond acceptors (Lipinski definition) is 5. The summed E-state index contributed by atoms with van der Waals surface area (Å²) >= 11 is 1.37. The smallest absolute Gasteiger partial charge is 0.337 e. The first-order chi connectivity index (χ1) is 16.1. The van der Waals surface area contributed by atoms with Crippen molar-refractivity contribution in [2.24, 2.45) is 0 Å². The van der Waals surface area contributed by atoms with E-state index in [1.807, 2.05) is 41.3 Å². The van der Waals surface area contributed by atoms with E-state index >= 15 is 0 Å². The number of rotatable bonds is 7. The molecule has 0 atom stereocenters. The van der Waals surface area contributed by atoms with Crippen molar-refractivity contribution in [1.29, 1.82) is 0 Å². The monoisotopic (exact) mass is 460 g/mol. The Bertz CT molecular complexity index is 1180. The van der Waals surface area contributed by atoms with Gasteiger partial charge in [0.25, 0.3) is 5.91 Å². The summed E-state index contributed by atoms with van der Waals surface area (Å²) in [5.41, 5.74) is 4.02. The maximum Gasteiger partial charge on any atom is 0.337 e. The fourth-order valence-electron chi connectivity index (χ4n) is 3.75. The summed E-state index contributed by atoms with van der Waals surface area (Å²) in [5.74, 6) is -0.323. The van der Waals surface area contributed by atoms with Gasteiger partial charge in [0.2, 0.25) is 5.91 Å². The number of para-hydroxylation sites is 1. The van der Waals surface area contributed by atoms with Crippen LogP contribution in [0.4, 0.5) is 5.69 Å². The molecule has 1 aliphatic rings. The van der Waals surface area contributed by atoms with Crippen LogP contribution in [0.3, 0.4) is 0 Å². The van der Waals surface area contributed by atoms with Gasteiger partial charge in [0.05, 0.1) is 24.0 Å². The molecule has 0 unspecified atom stereocenters. The largest absolute Gasteiger partial charge is 0.465 e. The van der Waals surface area contributed by atoms with Crippen LogP contribution in [0.25, 0.3) is 0 Å². The molecule has 4 rings (SSSR count). The zero-order valence-corrected chi connectivity index (χ0v) is 19.1. The van der Waals surface area contributed by atoms with Gasteiger partial charge in [-0.2, -0.15) is 0 Å². The number of esters is 1. The van der Waals surface area contributed by atoms with E-state index in [9.17, 15) is 14.4 Å². The van der Waals surface area contributed by atoms with Crippen molar-refractivity contribution in [3.05, 3.63) is 95.1 Å². The standard InChI is InChI=1S/C26H24N2O4S/c1-32-26(31)20-12-10-18(11-13-20)16-27-25(30)21-7-3-5-9-23(21)33-17-24(29)28-15-14-19-6-2-4-8-22(19)28/h2-13H,14-17H2,1H3,(H,27,30). The Morgan fingerprint density at radius 1 is 0.970 bits per heavy atom. The molecule has 0 fully saturated rings. The third kappa shape index (κ3) is 5.26. The van der Waals surface area contributed by atoms with Crippen LogP contribution >= 0.6 is 11.8 Å². The van der Waals surface area contributed by atoms with E-state index < -0.39 is 5.97 Å². The molecule has 3 aromatic carbocycles. The van der Waals surface area contributed by atoms with Gasteiger partial charge in [0.1, 0.15) is 0 Å². The number of carbonyl (C=O) groups excluding carboxylic acids is 3. The summed E-state index contributed by atoms with van der Waals surface area (Å²) in [7, 11) is 1.34. The van der Waals surface area contributed by atoms with Crippen LogP contribution in [-0.2, 0) is 22.5 Å². The summed E-state index contributed by atoms with van der Waals surface area (Å²) in [6.45, 7) is 1.01. The lowest BCUT2D eigenvalue weighted by molar-refractivity contribution is -0.116. The van der Waals surface area contributed by atoms with Crippen LogP contribution in [0.15, 0.2) is 77.7 Å². The minimum Gasteiger partial charge on any atom is -0.465 e. The molecule has 0 bridgehead atoms. The molecular weight excluding hydrogens is 436 g/mol. The SMILES string of the molecule is COC(=O)c1ccc(CNC(=O)c2ccccc2SCC(=O)N2CCc3ccccc32)cc1. The molecule has 0 saturated heterocycles. The van der Waals surface area contributed by atoms with Crippen molar-refractivity contribution in [1.82, 2.24) is 5.32 Å². The van der Waals surface area contributed by atoms with E-state index in [-0.39, 0.29) is 17.6 Å². The third-order valence-corrected chi connectivity index (χ3v) is 6.56. The normalized spacial score (nSPS) is 12.2. The van der Waals surface area contributed by atoms with Crippen molar-refractivity contribution < 1.29 is 19.1 Å². The van der Waals surface area contributed by atoms with E-state index in [1.165, 1.54) is 24.4 Å². The van der Waals surface area contributed by atoms with Crippen LogP contribution in [0.5, 0.6) is 0 Å². The number of nitrogens with one attached hydrogen (secondary N) is 1. The fourth-order valence-corrected chi connectivity index (χ4v) is 4.67. The minimum absolute atomic E-state index is 0.0332. The highest BCUT2D eigenvalue weighted by atomic mass is 32.2. The number of thioether (sulfide) groups is 1. The Hall–Kier alpha value is -3.58. The lowest BCUT2D eigenvalue weighted by Crippen LogP contribution is -2.30. The number of nitrogens with zero attached hydrogens (tertiary/aromatic N) is 1. The number of fused-ring (bicyclic) bond motifs is 1. The van der Waals surface area contributed by atoms with Gasteiger partial charge in [-0.05, 0) is 47.9 Å². The first-order valence-corrected chi connectivity index (χ1v) is 11.6. The topological polar surface area (TPSA) is 75.7 Å². The number of carbonyl (C=O) groups is 3. The highest BCUT2D eigenvalue weighted by Crippen LogP contribution is 2.29. The Labute approximate surface area is 196 Å². The molecule has 1 aliphatic heterocycles. The number of benzene rings is 3. The van der Waals surface area contributed by atoms with Crippen LogP contribution in [-0.4, -0.2) is 37.2 Å². The van der Waals surface area contributed by atoms with Gasteiger partial charge in [0.15, 0.2) is 0 Å². The van der Waals surface area contributed by atoms with E-state index in [0.29, 0.717) is 24.2 Å². The summed E-state index contributed by atoms with van der Waals surface area (Å²) < 4.78 is 4.70. The van der Waals surface area contributed by atoms with Crippen LogP contribution in [0, 0.1) is 0 Å². The number of methoxy groups -OCH3 is 1. The predicted octanol–water partition coefficient (Wildman–Crippen LogP) is 4.08. The average Bonchev–Trinajstić information content (AvgIpc) is 3.30. The molecule has 3 aromatic rings.